The first-order valence-electron chi connectivity index (χ1n) is 14.6. The predicted molar refractivity (Wildman–Crippen MR) is 135 cm³/mol. The van der Waals surface area contributed by atoms with Crippen molar-refractivity contribution in [3.63, 3.8) is 0 Å². The van der Waals surface area contributed by atoms with Gasteiger partial charge in [0, 0.05) is 20.1 Å². The highest BCUT2D eigenvalue weighted by atomic mass is 19.1. The van der Waals surface area contributed by atoms with E-state index in [4.69, 9.17) is 14.2 Å². The lowest BCUT2D eigenvalue weighted by Crippen LogP contribution is -2.60. The van der Waals surface area contributed by atoms with Crippen molar-refractivity contribution in [1.82, 2.24) is 0 Å². The second kappa shape index (κ2) is 10.7. The molecule has 0 saturated heterocycles. The van der Waals surface area contributed by atoms with Crippen LogP contribution in [0.25, 0.3) is 0 Å². The SMILES string of the molecule is COC1CCC(C2(C3CCC(OC)C(F)C3)C=CC3C(C(C)C)CC4CCCCC4C3O2)CC1F. The highest BCUT2D eigenvalue weighted by Crippen LogP contribution is 2.56. The van der Waals surface area contributed by atoms with Crippen LogP contribution >= 0.6 is 0 Å². The molecule has 4 aliphatic carbocycles. The Balaban J connectivity index is 1.50. The van der Waals surface area contributed by atoms with Crippen molar-refractivity contribution >= 4 is 0 Å². The van der Waals surface area contributed by atoms with Crippen molar-refractivity contribution < 1.29 is 23.0 Å². The maximum atomic E-state index is 15.3. The van der Waals surface area contributed by atoms with Crippen LogP contribution in [0, 0.1) is 41.4 Å². The van der Waals surface area contributed by atoms with Crippen LogP contribution in [0.3, 0.4) is 0 Å². The molecular formula is C30H48F2O3. The van der Waals surface area contributed by atoms with E-state index in [1.54, 1.807) is 14.2 Å². The van der Waals surface area contributed by atoms with E-state index in [2.05, 4.69) is 26.0 Å². The summed E-state index contributed by atoms with van der Waals surface area (Å²) in [7, 11) is 3.23. The van der Waals surface area contributed by atoms with Crippen molar-refractivity contribution in [2.75, 3.05) is 14.2 Å². The Bertz CT molecular complexity index is 713. The Hall–Kier alpha value is -0.520. The fourth-order valence-electron chi connectivity index (χ4n) is 8.99. The van der Waals surface area contributed by atoms with Gasteiger partial charge in [-0.15, -0.1) is 0 Å². The number of halogens is 2. The van der Waals surface area contributed by atoms with Crippen LogP contribution in [-0.2, 0) is 14.2 Å². The molecule has 0 aromatic rings. The van der Waals surface area contributed by atoms with Crippen LogP contribution < -0.4 is 0 Å². The Morgan fingerprint density at radius 3 is 1.97 bits per heavy atom. The third kappa shape index (κ3) is 4.76. The molecule has 11 atom stereocenters. The molecule has 0 amide bonds. The summed E-state index contributed by atoms with van der Waals surface area (Å²) < 4.78 is 48.8. The Kier molecular flexibility index (Phi) is 7.97. The lowest BCUT2D eigenvalue weighted by molar-refractivity contribution is -0.219. The summed E-state index contributed by atoms with van der Waals surface area (Å²) in [4.78, 5) is 0. The van der Waals surface area contributed by atoms with Crippen LogP contribution in [-0.4, -0.2) is 50.5 Å². The fraction of sp³-hybridized carbons (Fsp3) is 0.933. The lowest BCUT2D eigenvalue weighted by Gasteiger charge is -2.58. The van der Waals surface area contributed by atoms with Gasteiger partial charge in [0.05, 0.1) is 23.9 Å². The first-order valence-corrected chi connectivity index (χ1v) is 14.6. The lowest BCUT2D eigenvalue weighted by atomic mass is 9.56. The molecule has 1 heterocycles. The second-order valence-electron chi connectivity index (χ2n) is 12.8. The third-order valence-electron chi connectivity index (χ3n) is 10.9. The average Bonchev–Trinajstić information content (AvgIpc) is 2.87. The molecule has 0 aromatic carbocycles. The first kappa shape index (κ1) is 26.1. The highest BCUT2D eigenvalue weighted by Gasteiger charge is 2.57. The molecule has 11 unspecified atom stereocenters. The second-order valence-corrected chi connectivity index (χ2v) is 12.8. The zero-order valence-corrected chi connectivity index (χ0v) is 22.3. The molecule has 1 aliphatic heterocycles. The predicted octanol–water partition coefficient (Wildman–Crippen LogP) is 7.09. The summed E-state index contributed by atoms with van der Waals surface area (Å²) in [5.74, 6) is 3.13. The standard InChI is InChI=1S/C30H48F2O3/c1-18(2)24-15-19-7-5-6-8-22(19)29-23(24)13-14-30(35-29,20-9-11-27(33-3)25(31)16-20)21-10-12-28(34-4)26(32)17-21/h13-14,18-29H,5-12,15-17H2,1-4H3. The molecule has 0 aromatic heterocycles. The van der Waals surface area contributed by atoms with Crippen molar-refractivity contribution in [2.24, 2.45) is 41.4 Å². The van der Waals surface area contributed by atoms with Gasteiger partial charge in [-0.05, 0) is 86.9 Å². The summed E-state index contributed by atoms with van der Waals surface area (Å²) in [6.45, 7) is 4.72. The summed E-state index contributed by atoms with van der Waals surface area (Å²) in [5, 5.41) is 0. The van der Waals surface area contributed by atoms with Gasteiger partial charge in [0.25, 0.3) is 0 Å². The zero-order chi connectivity index (χ0) is 24.7. The van der Waals surface area contributed by atoms with Gasteiger partial charge < -0.3 is 14.2 Å². The monoisotopic (exact) mass is 494 g/mol. The topological polar surface area (TPSA) is 27.7 Å². The molecule has 5 rings (SSSR count). The summed E-state index contributed by atoms with van der Waals surface area (Å²) in [6, 6.07) is 0. The number of alkyl halides is 2. The van der Waals surface area contributed by atoms with Gasteiger partial charge in [-0.1, -0.05) is 45.3 Å². The molecule has 3 nitrogen and oxygen atoms in total. The van der Waals surface area contributed by atoms with Gasteiger partial charge in [0.2, 0.25) is 0 Å². The van der Waals surface area contributed by atoms with E-state index in [9.17, 15) is 0 Å². The minimum atomic E-state index is -0.987. The van der Waals surface area contributed by atoms with E-state index in [1.807, 2.05) is 0 Å². The normalized spacial score (nSPS) is 50.5. The molecule has 4 fully saturated rings. The van der Waals surface area contributed by atoms with Crippen molar-refractivity contribution in [2.45, 2.75) is 121 Å². The molecule has 0 bridgehead atoms. The summed E-state index contributed by atoms with van der Waals surface area (Å²) in [5.41, 5.74) is -0.575. The van der Waals surface area contributed by atoms with E-state index >= 15 is 8.78 Å². The Morgan fingerprint density at radius 2 is 1.43 bits per heavy atom. The van der Waals surface area contributed by atoms with Gasteiger partial charge in [-0.25, -0.2) is 8.78 Å². The average molecular weight is 495 g/mol. The fourth-order valence-corrected chi connectivity index (χ4v) is 8.99. The zero-order valence-electron chi connectivity index (χ0n) is 22.3. The van der Waals surface area contributed by atoms with Crippen LogP contribution in [0.15, 0.2) is 12.2 Å². The smallest absolute Gasteiger partial charge is 0.127 e. The van der Waals surface area contributed by atoms with E-state index in [-0.39, 0.29) is 30.1 Å². The van der Waals surface area contributed by atoms with Crippen LogP contribution in [0.5, 0.6) is 0 Å². The van der Waals surface area contributed by atoms with E-state index < -0.39 is 17.9 Å². The minimum absolute atomic E-state index is 0.0684. The van der Waals surface area contributed by atoms with Gasteiger partial charge in [0.15, 0.2) is 0 Å². The van der Waals surface area contributed by atoms with E-state index in [1.165, 1.54) is 32.1 Å². The Labute approximate surface area is 211 Å². The van der Waals surface area contributed by atoms with E-state index in [0.717, 1.165) is 18.8 Å². The molecule has 0 spiro atoms. The van der Waals surface area contributed by atoms with Gasteiger partial charge >= 0.3 is 0 Å². The molecule has 5 aliphatic rings. The quantitative estimate of drug-likeness (QED) is 0.382. The van der Waals surface area contributed by atoms with Gasteiger partial charge in [-0.3, -0.25) is 0 Å². The highest BCUT2D eigenvalue weighted by molar-refractivity contribution is 5.20. The van der Waals surface area contributed by atoms with E-state index in [0.29, 0.717) is 49.4 Å². The summed E-state index contributed by atoms with van der Waals surface area (Å²) in [6.07, 6.45) is 12.9. The third-order valence-corrected chi connectivity index (χ3v) is 10.9. The van der Waals surface area contributed by atoms with Crippen molar-refractivity contribution in [3.05, 3.63) is 12.2 Å². The van der Waals surface area contributed by atoms with Crippen molar-refractivity contribution in [1.29, 1.82) is 0 Å². The van der Waals surface area contributed by atoms with Crippen LogP contribution in [0.1, 0.15) is 84.5 Å². The molecule has 0 radical (unpaired) electrons. The number of ether oxygens (including phenoxy) is 3. The molecule has 0 N–H and O–H groups in total. The maximum absolute atomic E-state index is 15.3. The van der Waals surface area contributed by atoms with Crippen LogP contribution in [0.2, 0.25) is 0 Å². The number of methoxy groups -OCH3 is 2. The molecular weight excluding hydrogens is 446 g/mol. The van der Waals surface area contributed by atoms with Crippen LogP contribution in [0.4, 0.5) is 8.78 Å². The molecule has 200 valence electrons. The van der Waals surface area contributed by atoms with Gasteiger partial charge in [-0.2, -0.15) is 0 Å². The number of fused-ring (bicyclic) bond motifs is 3. The number of hydrogen-bond donors (Lipinski definition) is 0. The van der Waals surface area contributed by atoms with Gasteiger partial charge in [0.1, 0.15) is 12.3 Å². The Morgan fingerprint density at radius 1 is 0.829 bits per heavy atom. The minimum Gasteiger partial charge on any atom is -0.378 e. The van der Waals surface area contributed by atoms with Crippen molar-refractivity contribution in [3.8, 4) is 0 Å². The molecule has 4 saturated carbocycles. The molecule has 5 heteroatoms. The first-order chi connectivity index (χ1) is 16.9. The maximum Gasteiger partial charge on any atom is 0.127 e. The number of rotatable bonds is 5. The largest absolute Gasteiger partial charge is 0.378 e. The number of hydrogen-bond acceptors (Lipinski definition) is 3. The molecule has 35 heavy (non-hydrogen) atoms. The summed E-state index contributed by atoms with van der Waals surface area (Å²) >= 11 is 0.